The van der Waals surface area contributed by atoms with Crippen LogP contribution in [-0.2, 0) is 4.79 Å². The topological polar surface area (TPSA) is 60.0 Å². The minimum atomic E-state index is 0.0131. The zero-order valence-electron chi connectivity index (χ0n) is 17.2. The molecule has 1 fully saturated rings. The summed E-state index contributed by atoms with van der Waals surface area (Å²) in [6, 6.07) is 11.5. The number of guanidine groups is 1. The molecule has 2 rings (SSSR count). The Labute approximate surface area is 164 Å². The van der Waals surface area contributed by atoms with Crippen LogP contribution in [0.1, 0.15) is 44.7 Å². The Morgan fingerprint density at radius 3 is 2.52 bits per heavy atom. The number of amides is 1. The second kappa shape index (κ2) is 10.9. The van der Waals surface area contributed by atoms with Crippen molar-refractivity contribution in [1.82, 2.24) is 20.4 Å². The molecular weight excluding hydrogens is 338 g/mol. The highest BCUT2D eigenvalue weighted by molar-refractivity contribution is 5.84. The summed E-state index contributed by atoms with van der Waals surface area (Å²) in [7, 11) is 3.52. The minimum absolute atomic E-state index is 0.0131. The number of nitrogens with one attached hydrogen (secondary N) is 2. The van der Waals surface area contributed by atoms with Gasteiger partial charge in [0.1, 0.15) is 6.54 Å². The van der Waals surface area contributed by atoms with Gasteiger partial charge >= 0.3 is 0 Å². The Bertz CT molecular complexity index is 594. The lowest BCUT2D eigenvalue weighted by molar-refractivity contribution is -0.127. The van der Waals surface area contributed by atoms with Crippen molar-refractivity contribution in [3.63, 3.8) is 0 Å². The van der Waals surface area contributed by atoms with Crippen molar-refractivity contribution in [3.8, 4) is 0 Å². The average molecular weight is 374 g/mol. The molecule has 150 valence electrons. The van der Waals surface area contributed by atoms with Gasteiger partial charge in [0.15, 0.2) is 5.96 Å². The van der Waals surface area contributed by atoms with Gasteiger partial charge in [0, 0.05) is 45.8 Å². The van der Waals surface area contributed by atoms with E-state index < -0.39 is 0 Å². The Kier molecular flexibility index (Phi) is 8.58. The average Bonchev–Trinajstić information content (AvgIpc) is 2.70. The molecule has 1 unspecified atom stereocenters. The van der Waals surface area contributed by atoms with Crippen LogP contribution in [0.4, 0.5) is 0 Å². The SMILES string of the molecule is CCCNC(=NCC(=O)N(C)C)NC1CCN(C(C)c2ccccc2)CC1. The Morgan fingerprint density at radius 1 is 1.26 bits per heavy atom. The Morgan fingerprint density at radius 2 is 1.93 bits per heavy atom. The van der Waals surface area contributed by atoms with Crippen molar-refractivity contribution >= 4 is 11.9 Å². The Balaban J connectivity index is 1.87. The number of carbonyl (C=O) groups is 1. The van der Waals surface area contributed by atoms with Gasteiger partial charge in [0.2, 0.25) is 5.91 Å². The van der Waals surface area contributed by atoms with Gasteiger partial charge in [-0.3, -0.25) is 9.69 Å². The molecule has 1 saturated heterocycles. The van der Waals surface area contributed by atoms with Crippen LogP contribution in [0.3, 0.4) is 0 Å². The standard InChI is InChI=1S/C21H35N5O/c1-5-13-22-21(23-16-20(27)25(3)4)24-19-11-14-26(15-12-19)17(2)18-9-7-6-8-10-18/h6-10,17,19H,5,11-16H2,1-4H3,(H2,22,23,24). The number of benzene rings is 1. The van der Waals surface area contributed by atoms with Crippen LogP contribution in [0.15, 0.2) is 35.3 Å². The van der Waals surface area contributed by atoms with Crippen molar-refractivity contribution in [1.29, 1.82) is 0 Å². The lowest BCUT2D eigenvalue weighted by Gasteiger charge is -2.37. The number of likely N-dealkylation sites (N-methyl/N-ethyl adjacent to an activating group) is 1. The van der Waals surface area contributed by atoms with Crippen molar-refractivity contribution < 1.29 is 4.79 Å². The number of hydrogen-bond acceptors (Lipinski definition) is 3. The molecule has 0 spiro atoms. The van der Waals surface area contributed by atoms with Crippen molar-refractivity contribution in [2.24, 2.45) is 4.99 Å². The van der Waals surface area contributed by atoms with Crippen molar-refractivity contribution in [2.45, 2.75) is 45.2 Å². The molecule has 6 nitrogen and oxygen atoms in total. The summed E-state index contributed by atoms with van der Waals surface area (Å²) in [5.74, 6) is 0.765. The molecule has 6 heteroatoms. The largest absolute Gasteiger partial charge is 0.356 e. The van der Waals surface area contributed by atoms with E-state index in [1.807, 2.05) is 0 Å². The molecule has 0 aliphatic carbocycles. The van der Waals surface area contributed by atoms with E-state index >= 15 is 0 Å². The van der Waals surface area contributed by atoms with Gasteiger partial charge in [0.25, 0.3) is 0 Å². The van der Waals surface area contributed by atoms with E-state index in [9.17, 15) is 4.79 Å². The minimum Gasteiger partial charge on any atom is -0.356 e. The zero-order chi connectivity index (χ0) is 19.6. The first-order valence-corrected chi connectivity index (χ1v) is 10.0. The van der Waals surface area contributed by atoms with Crippen LogP contribution >= 0.6 is 0 Å². The molecule has 1 aromatic carbocycles. The van der Waals surface area contributed by atoms with E-state index in [0.29, 0.717) is 12.1 Å². The highest BCUT2D eigenvalue weighted by Crippen LogP contribution is 2.23. The first kappa shape index (κ1) is 21.2. The molecule has 0 saturated carbocycles. The lowest BCUT2D eigenvalue weighted by Crippen LogP contribution is -2.49. The summed E-state index contributed by atoms with van der Waals surface area (Å²) in [6.07, 6.45) is 3.17. The highest BCUT2D eigenvalue weighted by Gasteiger charge is 2.24. The van der Waals surface area contributed by atoms with Gasteiger partial charge < -0.3 is 15.5 Å². The molecule has 1 aliphatic heterocycles. The fourth-order valence-corrected chi connectivity index (χ4v) is 3.25. The van der Waals surface area contributed by atoms with Crippen LogP contribution in [0.2, 0.25) is 0 Å². The molecule has 1 aliphatic rings. The van der Waals surface area contributed by atoms with E-state index in [1.165, 1.54) is 5.56 Å². The number of carbonyl (C=O) groups excluding carboxylic acids is 1. The number of likely N-dealkylation sites (tertiary alicyclic amines) is 1. The Hall–Kier alpha value is -2.08. The molecule has 27 heavy (non-hydrogen) atoms. The third-order valence-electron chi connectivity index (χ3n) is 5.11. The number of aliphatic imine (C=N–C) groups is 1. The van der Waals surface area contributed by atoms with Gasteiger partial charge in [-0.15, -0.1) is 0 Å². The predicted molar refractivity (Wildman–Crippen MR) is 112 cm³/mol. The summed E-state index contributed by atoms with van der Waals surface area (Å²) in [4.78, 5) is 20.4. The maximum Gasteiger partial charge on any atom is 0.243 e. The van der Waals surface area contributed by atoms with E-state index in [2.05, 4.69) is 64.7 Å². The van der Waals surface area contributed by atoms with Crippen LogP contribution in [0, 0.1) is 0 Å². The van der Waals surface area contributed by atoms with E-state index in [-0.39, 0.29) is 12.5 Å². The number of nitrogens with zero attached hydrogens (tertiary/aromatic N) is 3. The van der Waals surface area contributed by atoms with E-state index in [0.717, 1.165) is 44.9 Å². The fourth-order valence-electron chi connectivity index (χ4n) is 3.25. The van der Waals surface area contributed by atoms with Crippen molar-refractivity contribution in [2.75, 3.05) is 40.3 Å². The lowest BCUT2D eigenvalue weighted by atomic mass is 10.0. The predicted octanol–water partition coefficient (Wildman–Crippen LogP) is 2.25. The van der Waals surface area contributed by atoms with Gasteiger partial charge in [-0.25, -0.2) is 4.99 Å². The quantitative estimate of drug-likeness (QED) is 0.568. The molecule has 0 aromatic heterocycles. The highest BCUT2D eigenvalue weighted by atomic mass is 16.2. The molecular formula is C21H35N5O. The molecule has 1 atom stereocenters. The first-order valence-electron chi connectivity index (χ1n) is 10.0. The number of piperidine rings is 1. The van der Waals surface area contributed by atoms with Crippen molar-refractivity contribution in [3.05, 3.63) is 35.9 Å². The monoisotopic (exact) mass is 373 g/mol. The summed E-state index contributed by atoms with van der Waals surface area (Å²) in [5, 5.41) is 6.85. The van der Waals surface area contributed by atoms with E-state index in [1.54, 1.807) is 19.0 Å². The molecule has 0 radical (unpaired) electrons. The third-order valence-corrected chi connectivity index (χ3v) is 5.11. The second-order valence-electron chi connectivity index (χ2n) is 7.42. The zero-order valence-corrected chi connectivity index (χ0v) is 17.2. The molecule has 0 bridgehead atoms. The smallest absolute Gasteiger partial charge is 0.243 e. The molecule has 1 aromatic rings. The number of rotatable bonds is 7. The van der Waals surface area contributed by atoms with Gasteiger partial charge in [-0.2, -0.15) is 0 Å². The first-order chi connectivity index (χ1) is 13.0. The molecule has 2 N–H and O–H groups in total. The normalized spacial score (nSPS) is 17.4. The maximum absolute atomic E-state index is 11.8. The van der Waals surface area contributed by atoms with Gasteiger partial charge in [-0.05, 0) is 31.7 Å². The van der Waals surface area contributed by atoms with Crippen LogP contribution in [0.5, 0.6) is 0 Å². The summed E-state index contributed by atoms with van der Waals surface area (Å²) < 4.78 is 0. The van der Waals surface area contributed by atoms with Crippen LogP contribution in [0.25, 0.3) is 0 Å². The van der Waals surface area contributed by atoms with E-state index in [4.69, 9.17) is 0 Å². The maximum atomic E-state index is 11.8. The molecule has 1 amide bonds. The van der Waals surface area contributed by atoms with Gasteiger partial charge in [0.05, 0.1) is 0 Å². The summed E-state index contributed by atoms with van der Waals surface area (Å²) >= 11 is 0. The van der Waals surface area contributed by atoms with Crippen LogP contribution in [-0.4, -0.2) is 68.0 Å². The molecule has 1 heterocycles. The summed E-state index contributed by atoms with van der Waals surface area (Å²) in [6.45, 7) is 7.56. The second-order valence-corrected chi connectivity index (χ2v) is 7.42. The summed E-state index contributed by atoms with van der Waals surface area (Å²) in [5.41, 5.74) is 1.37. The van der Waals surface area contributed by atoms with Crippen LogP contribution < -0.4 is 10.6 Å². The third kappa shape index (κ3) is 6.86. The fraction of sp³-hybridized carbons (Fsp3) is 0.619. The van der Waals surface area contributed by atoms with Gasteiger partial charge in [-0.1, -0.05) is 37.3 Å². The number of hydrogen-bond donors (Lipinski definition) is 2.